The summed E-state index contributed by atoms with van der Waals surface area (Å²) in [6.45, 7) is 4.17. The Bertz CT molecular complexity index is 980. The van der Waals surface area contributed by atoms with E-state index in [-0.39, 0.29) is 29.6 Å². The number of benzene rings is 1. The number of aromatic nitrogens is 4. The molecule has 0 fully saturated rings. The normalized spacial score (nSPS) is 12.4. The smallest absolute Gasteiger partial charge is 0.270 e. The molecule has 10 nitrogen and oxygen atoms in total. The van der Waals surface area contributed by atoms with E-state index in [1.165, 1.54) is 29.1 Å². The first-order chi connectivity index (χ1) is 12.0. The van der Waals surface area contributed by atoms with Crippen molar-refractivity contribution in [3.8, 4) is 0 Å². The summed E-state index contributed by atoms with van der Waals surface area (Å²) in [6, 6.07) is 3.95. The second-order valence-corrected chi connectivity index (χ2v) is 5.28. The quantitative estimate of drug-likeness (QED) is 0.489. The number of ether oxygens (including phenoxy) is 1. The summed E-state index contributed by atoms with van der Waals surface area (Å²) in [5.74, 6) is 0.601. The predicted molar refractivity (Wildman–Crippen MR) is 86.1 cm³/mol. The Hall–Kier alpha value is -3.14. The molecule has 0 spiro atoms. The maximum Gasteiger partial charge on any atom is 0.270 e. The molecule has 1 aromatic carbocycles. The molecule has 0 amide bonds. The van der Waals surface area contributed by atoms with E-state index in [1.54, 1.807) is 6.92 Å². The number of hydrogen-bond donors (Lipinski definition) is 0. The average molecular weight is 345 g/mol. The molecule has 0 saturated carbocycles. The maximum atomic E-state index is 12.5. The molecule has 130 valence electrons. The Kier molecular flexibility index (Phi) is 4.52. The fraction of sp³-hybridized carbons (Fsp3) is 0.333. The predicted octanol–water partition coefficient (Wildman–Crippen LogP) is 1.83. The van der Waals surface area contributed by atoms with Gasteiger partial charge in [0, 0.05) is 18.7 Å². The lowest BCUT2D eigenvalue weighted by Crippen LogP contribution is -2.21. The van der Waals surface area contributed by atoms with Gasteiger partial charge in [-0.2, -0.15) is 4.98 Å². The van der Waals surface area contributed by atoms with Crippen LogP contribution in [0.15, 0.2) is 33.8 Å². The van der Waals surface area contributed by atoms with Crippen LogP contribution in [-0.4, -0.2) is 31.2 Å². The highest BCUT2D eigenvalue weighted by molar-refractivity contribution is 5.79. The maximum absolute atomic E-state index is 12.5. The van der Waals surface area contributed by atoms with Crippen molar-refractivity contribution in [2.24, 2.45) is 0 Å². The van der Waals surface area contributed by atoms with Gasteiger partial charge in [-0.15, -0.1) is 0 Å². The van der Waals surface area contributed by atoms with Gasteiger partial charge in [-0.25, -0.2) is 4.98 Å². The van der Waals surface area contributed by atoms with E-state index in [1.807, 2.05) is 6.92 Å². The molecule has 1 atom stereocenters. The molecule has 2 aromatic heterocycles. The average Bonchev–Trinajstić information content (AvgIpc) is 3.06. The molecule has 10 heteroatoms. The molecule has 2 heterocycles. The monoisotopic (exact) mass is 345 g/mol. The molecular weight excluding hydrogens is 330 g/mol. The molecule has 0 N–H and O–H groups in total. The molecule has 0 aliphatic rings. The van der Waals surface area contributed by atoms with Crippen LogP contribution in [0.1, 0.15) is 31.7 Å². The van der Waals surface area contributed by atoms with Gasteiger partial charge in [-0.3, -0.25) is 19.5 Å². The first-order valence-corrected chi connectivity index (χ1v) is 7.57. The zero-order valence-corrected chi connectivity index (χ0v) is 13.6. The molecule has 1 unspecified atom stereocenters. The van der Waals surface area contributed by atoms with E-state index >= 15 is 0 Å². The number of nitro benzene ring substituents is 1. The van der Waals surface area contributed by atoms with E-state index < -0.39 is 10.5 Å². The highest BCUT2D eigenvalue weighted by Crippen LogP contribution is 2.17. The lowest BCUT2D eigenvalue weighted by molar-refractivity contribution is -0.384. The molecule has 25 heavy (non-hydrogen) atoms. The van der Waals surface area contributed by atoms with Crippen molar-refractivity contribution in [3.05, 3.63) is 56.7 Å². The molecule has 0 radical (unpaired) electrons. The molecule has 3 aromatic rings. The van der Waals surface area contributed by atoms with Gasteiger partial charge in [0.2, 0.25) is 5.89 Å². The van der Waals surface area contributed by atoms with Gasteiger partial charge in [0.1, 0.15) is 12.6 Å². The van der Waals surface area contributed by atoms with E-state index in [4.69, 9.17) is 9.26 Å². The minimum absolute atomic E-state index is 0.0102. The second kappa shape index (κ2) is 6.77. The Balaban J connectivity index is 1.93. The lowest BCUT2D eigenvalue weighted by atomic mass is 10.2. The molecular formula is C15H15N5O5. The van der Waals surface area contributed by atoms with Crippen LogP contribution >= 0.6 is 0 Å². The topological polar surface area (TPSA) is 126 Å². The van der Waals surface area contributed by atoms with Gasteiger partial charge in [-0.05, 0) is 19.9 Å². The number of nitro groups is 1. The van der Waals surface area contributed by atoms with Crippen molar-refractivity contribution in [1.29, 1.82) is 0 Å². The van der Waals surface area contributed by atoms with Crippen LogP contribution in [0.3, 0.4) is 0 Å². The zero-order chi connectivity index (χ0) is 18.0. The molecule has 0 bridgehead atoms. The molecule has 0 aliphatic heterocycles. The Morgan fingerprint density at radius 2 is 2.24 bits per heavy atom. The summed E-state index contributed by atoms with van der Waals surface area (Å²) < 4.78 is 11.8. The third kappa shape index (κ3) is 3.38. The van der Waals surface area contributed by atoms with Crippen LogP contribution in [0.25, 0.3) is 10.9 Å². The SMILES string of the molecule is CCOC(C)c1noc(Cn2cnc3ccc([N+](=O)[O-])cc3c2=O)n1. The standard InChI is InChI=1S/C15H15N5O5/c1-3-24-9(2)14-17-13(25-18-14)7-19-8-16-12-5-4-10(20(22)23)6-11(12)15(19)21/h4-6,8-9H,3,7H2,1-2H3. The highest BCUT2D eigenvalue weighted by Gasteiger charge is 2.16. The Morgan fingerprint density at radius 1 is 1.44 bits per heavy atom. The van der Waals surface area contributed by atoms with Crippen molar-refractivity contribution in [2.75, 3.05) is 6.61 Å². The van der Waals surface area contributed by atoms with Crippen molar-refractivity contribution in [3.63, 3.8) is 0 Å². The van der Waals surface area contributed by atoms with E-state index in [2.05, 4.69) is 15.1 Å². The third-order valence-electron chi connectivity index (χ3n) is 3.59. The number of fused-ring (bicyclic) bond motifs is 1. The Labute approximate surface area is 141 Å². The Morgan fingerprint density at radius 3 is 2.96 bits per heavy atom. The number of rotatable bonds is 6. The van der Waals surface area contributed by atoms with Gasteiger partial charge in [-0.1, -0.05) is 5.16 Å². The van der Waals surface area contributed by atoms with E-state index in [0.717, 1.165) is 0 Å². The highest BCUT2D eigenvalue weighted by atomic mass is 16.6. The van der Waals surface area contributed by atoms with Gasteiger partial charge in [0.25, 0.3) is 11.2 Å². The van der Waals surface area contributed by atoms with Crippen LogP contribution in [0.2, 0.25) is 0 Å². The summed E-state index contributed by atoms with van der Waals surface area (Å²) in [7, 11) is 0. The largest absolute Gasteiger partial charge is 0.371 e. The van der Waals surface area contributed by atoms with Crippen LogP contribution in [0, 0.1) is 10.1 Å². The minimum Gasteiger partial charge on any atom is -0.371 e. The molecule has 3 rings (SSSR count). The lowest BCUT2D eigenvalue weighted by Gasteiger charge is -2.05. The minimum atomic E-state index is -0.560. The molecule has 0 aliphatic carbocycles. The summed E-state index contributed by atoms with van der Waals surface area (Å²) >= 11 is 0. The molecule has 0 saturated heterocycles. The van der Waals surface area contributed by atoms with Gasteiger partial charge < -0.3 is 9.26 Å². The van der Waals surface area contributed by atoms with Crippen LogP contribution in [0.5, 0.6) is 0 Å². The summed E-state index contributed by atoms with van der Waals surface area (Å²) in [6.07, 6.45) is 1.02. The van der Waals surface area contributed by atoms with Gasteiger partial charge in [0.05, 0.1) is 22.2 Å². The number of nitrogens with zero attached hydrogens (tertiary/aromatic N) is 5. The van der Waals surface area contributed by atoms with E-state index in [9.17, 15) is 14.9 Å². The van der Waals surface area contributed by atoms with Crippen molar-refractivity contribution < 1.29 is 14.2 Å². The zero-order valence-electron chi connectivity index (χ0n) is 13.6. The summed E-state index contributed by atoms with van der Waals surface area (Å²) in [5.41, 5.74) is -0.218. The number of hydrogen-bond acceptors (Lipinski definition) is 8. The summed E-state index contributed by atoms with van der Waals surface area (Å²) in [5, 5.41) is 14.9. The first kappa shape index (κ1) is 16.7. The van der Waals surface area contributed by atoms with Crippen LogP contribution < -0.4 is 5.56 Å². The number of non-ortho nitro benzene ring substituents is 1. The van der Waals surface area contributed by atoms with Gasteiger partial charge >= 0.3 is 0 Å². The fourth-order valence-corrected chi connectivity index (χ4v) is 2.34. The van der Waals surface area contributed by atoms with Crippen molar-refractivity contribution >= 4 is 16.6 Å². The van der Waals surface area contributed by atoms with Crippen molar-refractivity contribution in [1.82, 2.24) is 19.7 Å². The van der Waals surface area contributed by atoms with E-state index in [0.29, 0.717) is 17.9 Å². The first-order valence-electron chi connectivity index (χ1n) is 7.57. The van der Waals surface area contributed by atoms with Crippen LogP contribution in [0.4, 0.5) is 5.69 Å². The van der Waals surface area contributed by atoms with Crippen molar-refractivity contribution in [2.45, 2.75) is 26.5 Å². The van der Waals surface area contributed by atoms with Gasteiger partial charge in [0.15, 0.2) is 5.82 Å². The van der Waals surface area contributed by atoms with Crippen LogP contribution in [-0.2, 0) is 11.3 Å². The fourth-order valence-electron chi connectivity index (χ4n) is 2.34. The third-order valence-corrected chi connectivity index (χ3v) is 3.59. The summed E-state index contributed by atoms with van der Waals surface area (Å²) in [4.78, 5) is 31.2. The second-order valence-electron chi connectivity index (χ2n) is 5.28.